The zero-order chi connectivity index (χ0) is 42.0. The Morgan fingerprint density at radius 3 is 2.31 bits per heavy atom. The first-order valence-electron chi connectivity index (χ1n) is 19.5. The predicted octanol–water partition coefficient (Wildman–Crippen LogP) is 11.2. The van der Waals surface area contributed by atoms with E-state index in [2.05, 4.69) is 129 Å². The molecule has 3 N–H and O–H groups in total. The predicted molar refractivity (Wildman–Crippen MR) is 237 cm³/mol. The Kier molecular flexibility index (Phi) is 15.1. The van der Waals surface area contributed by atoms with E-state index in [9.17, 15) is 13.0 Å². The number of nitrogens with zero attached hydrogens (tertiary/aromatic N) is 2. The highest BCUT2D eigenvalue weighted by Crippen LogP contribution is 2.52. The van der Waals surface area contributed by atoms with Crippen LogP contribution >= 0.6 is 24.1 Å². The number of hydrogen-bond donors (Lipinski definition) is 3. The molecule has 2 aliphatic heterocycles. The Morgan fingerprint density at radius 1 is 0.780 bits per heavy atom. The average molecular weight is 860 g/mol. The average Bonchev–Trinajstić information content (AvgIpc) is 3.57. The van der Waals surface area contributed by atoms with Crippen molar-refractivity contribution in [3.63, 3.8) is 0 Å². The molecule has 312 valence electrons. The summed E-state index contributed by atoms with van der Waals surface area (Å²) in [5, 5.41) is 26.8. The Labute approximate surface area is 355 Å². The molecule has 59 heavy (non-hydrogen) atoms. The van der Waals surface area contributed by atoms with E-state index in [1.54, 1.807) is 0 Å². The van der Waals surface area contributed by atoms with E-state index in [0.717, 1.165) is 87.5 Å². The molecule has 11 nitrogen and oxygen atoms in total. The van der Waals surface area contributed by atoms with Crippen molar-refractivity contribution in [2.75, 3.05) is 29.5 Å². The van der Waals surface area contributed by atoms with Crippen LogP contribution in [0.25, 0.3) is 21.9 Å². The quantitative estimate of drug-likeness (QED) is 0.0148. The van der Waals surface area contributed by atoms with E-state index in [-0.39, 0.29) is 16.6 Å². The van der Waals surface area contributed by atoms with Gasteiger partial charge in [-0.3, -0.25) is 4.55 Å². The van der Waals surface area contributed by atoms with Crippen LogP contribution < -0.4 is 4.90 Å². The standard InChI is InChI=1S/C45H50N2O9S3/c1-44(2)40(46(29-14-16-31-59(50,51)52)38-21-17-20-36(42(38)44)33-18-9-8-10-19-33)22-11-6-5-7-12-23-41-45(3,4)43-37-26-25-35(58-56-54-49)32-34(37)24-27-39(43)47(41)28-13-15-30-57-55-53-48/h5-12,17-27,32H,13-16,28-31H2,1-4H3,(H2-,48,49,50,51,52)/p+1. The van der Waals surface area contributed by atoms with Crippen molar-refractivity contribution >= 4 is 62.1 Å². The first kappa shape index (κ1) is 44.5. The van der Waals surface area contributed by atoms with Crippen molar-refractivity contribution in [3.8, 4) is 11.1 Å². The molecular formula is C45H51N2O9S3+. The Morgan fingerprint density at radius 2 is 1.54 bits per heavy atom. The van der Waals surface area contributed by atoms with E-state index in [4.69, 9.17) is 10.5 Å². The molecule has 0 aliphatic carbocycles. The van der Waals surface area contributed by atoms with E-state index < -0.39 is 10.1 Å². The van der Waals surface area contributed by atoms with Gasteiger partial charge in [-0.2, -0.15) is 13.0 Å². The van der Waals surface area contributed by atoms with E-state index in [1.165, 1.54) is 16.7 Å². The van der Waals surface area contributed by atoms with Crippen LogP contribution in [-0.4, -0.2) is 58.4 Å². The van der Waals surface area contributed by atoms with Gasteiger partial charge in [-0.15, -0.1) is 8.67 Å². The van der Waals surface area contributed by atoms with Crippen LogP contribution in [0.15, 0.2) is 132 Å². The second kappa shape index (κ2) is 20.0. The van der Waals surface area contributed by atoms with Crippen molar-refractivity contribution in [3.05, 3.63) is 138 Å². The lowest BCUT2D eigenvalue weighted by atomic mass is 9.79. The maximum absolute atomic E-state index is 11.5. The topological polar surface area (TPSA) is 138 Å². The molecule has 14 heteroatoms. The number of anilines is 1. The van der Waals surface area contributed by atoms with Crippen LogP contribution in [0.4, 0.5) is 11.4 Å². The summed E-state index contributed by atoms with van der Waals surface area (Å²) in [6.45, 7) is 10.3. The van der Waals surface area contributed by atoms with Gasteiger partial charge in [-0.05, 0) is 90.9 Å². The molecule has 0 bridgehead atoms. The summed E-state index contributed by atoms with van der Waals surface area (Å²) < 4.78 is 43.9. The summed E-state index contributed by atoms with van der Waals surface area (Å²) in [5.41, 5.74) is 8.62. The molecule has 0 aromatic heterocycles. The normalized spacial score (nSPS) is 16.8. The van der Waals surface area contributed by atoms with Gasteiger partial charge in [-0.25, -0.2) is 10.5 Å². The second-order valence-electron chi connectivity index (χ2n) is 15.4. The van der Waals surface area contributed by atoms with Crippen LogP contribution in [0, 0.1) is 0 Å². The number of rotatable bonds is 20. The van der Waals surface area contributed by atoms with Crippen LogP contribution in [0.5, 0.6) is 0 Å². The molecule has 0 atom stereocenters. The minimum Gasteiger partial charge on any atom is -0.344 e. The lowest BCUT2D eigenvalue weighted by molar-refractivity contribution is -0.438. The SMILES string of the molecule is CC1(C)C(/C=C/C=C/C=C/C=C2/N(CCCCS(=O)(=O)O)c3cccc(-c4ccccc4)c3C2(C)C)=[N+](CCCCSOOO)c2ccc3cc(SOOO)ccc3c21. The molecule has 0 fully saturated rings. The molecule has 0 radical (unpaired) electrons. The fraction of sp³-hybridized carbons (Fsp3) is 0.311. The highest BCUT2D eigenvalue weighted by atomic mass is 32.2. The molecule has 0 amide bonds. The van der Waals surface area contributed by atoms with Crippen LogP contribution in [0.1, 0.15) is 64.5 Å². The molecule has 4 aromatic rings. The second-order valence-corrected chi connectivity index (χ2v) is 18.5. The van der Waals surface area contributed by atoms with Gasteiger partial charge in [0.2, 0.25) is 5.69 Å². The van der Waals surface area contributed by atoms with Crippen molar-refractivity contribution in [2.45, 2.75) is 69.1 Å². The van der Waals surface area contributed by atoms with Gasteiger partial charge >= 0.3 is 0 Å². The largest absolute Gasteiger partial charge is 0.344 e. The van der Waals surface area contributed by atoms with E-state index >= 15 is 0 Å². The minimum atomic E-state index is -4.03. The number of fused-ring (bicyclic) bond motifs is 4. The fourth-order valence-corrected chi connectivity index (χ4v) is 9.77. The Bertz CT molecular complexity index is 2370. The maximum atomic E-state index is 11.5. The fourth-order valence-electron chi connectivity index (χ4n) is 8.36. The summed E-state index contributed by atoms with van der Waals surface area (Å²) in [6, 6.07) is 27.0. The van der Waals surface area contributed by atoms with E-state index in [0.29, 0.717) is 25.1 Å². The van der Waals surface area contributed by atoms with Crippen molar-refractivity contribution < 1.29 is 46.8 Å². The first-order valence-corrected chi connectivity index (χ1v) is 22.7. The third kappa shape index (κ3) is 10.5. The van der Waals surface area contributed by atoms with E-state index in [1.807, 2.05) is 48.6 Å². The molecule has 4 aromatic carbocycles. The summed E-state index contributed by atoms with van der Waals surface area (Å²) in [7, 11) is -4.03. The van der Waals surface area contributed by atoms with Gasteiger partial charge in [0.15, 0.2) is 5.71 Å². The lowest BCUT2D eigenvalue weighted by Gasteiger charge is -2.27. The summed E-state index contributed by atoms with van der Waals surface area (Å²) >= 11 is 2.00. The van der Waals surface area contributed by atoms with Gasteiger partial charge in [0, 0.05) is 70.2 Å². The molecule has 6 rings (SSSR count). The lowest BCUT2D eigenvalue weighted by Crippen LogP contribution is -2.28. The monoisotopic (exact) mass is 859 g/mol. The third-order valence-corrected chi connectivity index (χ3v) is 12.9. The summed E-state index contributed by atoms with van der Waals surface area (Å²) in [5.74, 6) is 0.408. The summed E-state index contributed by atoms with van der Waals surface area (Å²) in [4.78, 5) is 3.09. The van der Waals surface area contributed by atoms with Crippen LogP contribution in [0.3, 0.4) is 0 Å². The molecule has 2 aliphatic rings. The zero-order valence-electron chi connectivity index (χ0n) is 33.6. The van der Waals surface area contributed by atoms with Crippen molar-refractivity contribution in [2.24, 2.45) is 0 Å². The Hall–Kier alpha value is -4.06. The number of unbranched alkanes of at least 4 members (excludes halogenated alkanes) is 2. The molecule has 0 unspecified atom stereocenters. The van der Waals surface area contributed by atoms with Crippen molar-refractivity contribution in [1.82, 2.24) is 0 Å². The maximum Gasteiger partial charge on any atom is 0.264 e. The number of allylic oxidation sites excluding steroid dienone is 8. The van der Waals surface area contributed by atoms with Gasteiger partial charge in [-0.1, -0.05) is 103 Å². The highest BCUT2D eigenvalue weighted by Gasteiger charge is 2.45. The number of benzene rings is 4. The zero-order valence-corrected chi connectivity index (χ0v) is 36.1. The van der Waals surface area contributed by atoms with Gasteiger partial charge in [0.05, 0.1) is 23.2 Å². The van der Waals surface area contributed by atoms with Gasteiger partial charge in [0.25, 0.3) is 10.1 Å². The van der Waals surface area contributed by atoms with Gasteiger partial charge < -0.3 is 4.90 Å². The first-order chi connectivity index (χ1) is 28.4. The van der Waals surface area contributed by atoms with Gasteiger partial charge in [0.1, 0.15) is 6.54 Å². The smallest absolute Gasteiger partial charge is 0.264 e. The highest BCUT2D eigenvalue weighted by molar-refractivity contribution is 7.94. The van der Waals surface area contributed by atoms with Crippen LogP contribution in [0.2, 0.25) is 0 Å². The third-order valence-electron chi connectivity index (χ3n) is 10.9. The molecule has 0 saturated carbocycles. The number of hydrogen-bond acceptors (Lipinski definition) is 11. The van der Waals surface area contributed by atoms with Crippen molar-refractivity contribution in [1.29, 1.82) is 0 Å². The molecule has 0 spiro atoms. The Balaban J connectivity index is 1.25. The molecular weight excluding hydrogens is 809 g/mol. The minimum absolute atomic E-state index is 0.261. The van der Waals surface area contributed by atoms with Crippen LogP contribution in [-0.2, 0) is 39.7 Å². The summed E-state index contributed by atoms with van der Waals surface area (Å²) in [6.07, 6.45) is 17.2. The molecule has 2 heterocycles. The molecule has 0 saturated heterocycles.